The van der Waals surface area contributed by atoms with Crippen LogP contribution in [0.1, 0.15) is 37.4 Å². The Morgan fingerprint density at radius 1 is 1.46 bits per heavy atom. The molecule has 1 aliphatic rings. The highest BCUT2D eigenvalue weighted by atomic mass is 127. The first-order chi connectivity index (χ1) is 12.8. The Morgan fingerprint density at radius 2 is 2.21 bits per heavy atom. The maximum atomic E-state index is 12.6. The number of nitrogens with one attached hydrogen (secondary N) is 1. The third-order valence-corrected chi connectivity index (χ3v) is 5.01. The lowest BCUT2D eigenvalue weighted by Crippen LogP contribution is -2.48. The molecule has 1 aromatic rings. The summed E-state index contributed by atoms with van der Waals surface area (Å²) in [7, 11) is 0. The summed E-state index contributed by atoms with van der Waals surface area (Å²) >= 11 is 0.991. The molecule has 0 saturated carbocycles. The van der Waals surface area contributed by atoms with E-state index in [2.05, 4.69) is 15.3 Å². The van der Waals surface area contributed by atoms with Crippen molar-refractivity contribution in [2.24, 2.45) is 10.9 Å². The van der Waals surface area contributed by atoms with Crippen LogP contribution in [0.15, 0.2) is 10.4 Å². The number of piperidine rings is 1. The molecule has 0 bridgehead atoms. The Kier molecular flexibility index (Phi) is 10.5. The first-order valence-corrected chi connectivity index (χ1v) is 9.94. The zero-order valence-electron chi connectivity index (χ0n) is 15.9. The summed E-state index contributed by atoms with van der Waals surface area (Å²) in [6, 6.07) is 0. The van der Waals surface area contributed by atoms with Crippen LogP contribution < -0.4 is 5.32 Å². The molecule has 1 aliphatic heterocycles. The highest BCUT2D eigenvalue weighted by Crippen LogP contribution is 2.30. The molecular weight excluding hydrogens is 508 g/mol. The number of alkyl halides is 3. The maximum absolute atomic E-state index is 12.6. The maximum Gasteiger partial charge on any atom is 0.434 e. The van der Waals surface area contributed by atoms with Crippen molar-refractivity contribution in [3.8, 4) is 0 Å². The van der Waals surface area contributed by atoms with Crippen molar-refractivity contribution in [1.82, 2.24) is 15.2 Å². The molecule has 1 fully saturated rings. The minimum Gasteiger partial charge on any atom is -0.466 e. The molecule has 0 aliphatic carbocycles. The van der Waals surface area contributed by atoms with Crippen molar-refractivity contribution in [1.29, 1.82) is 0 Å². The van der Waals surface area contributed by atoms with Gasteiger partial charge in [-0.2, -0.15) is 13.2 Å². The predicted molar refractivity (Wildman–Crippen MR) is 113 cm³/mol. The van der Waals surface area contributed by atoms with E-state index in [9.17, 15) is 18.0 Å². The summed E-state index contributed by atoms with van der Waals surface area (Å²) in [4.78, 5) is 22.1. The Labute approximate surface area is 184 Å². The molecular formula is C17H26F3IN4O2S. The van der Waals surface area contributed by atoms with Crippen LogP contribution in [0.5, 0.6) is 0 Å². The quantitative estimate of drug-likeness (QED) is 0.262. The van der Waals surface area contributed by atoms with Gasteiger partial charge in [0.2, 0.25) is 0 Å². The highest BCUT2D eigenvalue weighted by Gasteiger charge is 2.33. The second-order valence-corrected chi connectivity index (χ2v) is 7.09. The van der Waals surface area contributed by atoms with E-state index in [1.807, 2.05) is 11.8 Å². The van der Waals surface area contributed by atoms with Crippen molar-refractivity contribution >= 4 is 47.2 Å². The zero-order valence-corrected chi connectivity index (χ0v) is 19.1. The fourth-order valence-electron chi connectivity index (χ4n) is 2.86. The number of aromatic nitrogens is 1. The molecule has 2 heterocycles. The Balaban J connectivity index is 0.00000392. The van der Waals surface area contributed by atoms with Gasteiger partial charge in [-0.1, -0.05) is 0 Å². The summed E-state index contributed by atoms with van der Waals surface area (Å²) in [6.45, 7) is 6.38. The molecule has 6 nitrogen and oxygen atoms in total. The molecule has 0 aromatic carbocycles. The van der Waals surface area contributed by atoms with Crippen molar-refractivity contribution in [2.45, 2.75) is 39.3 Å². The summed E-state index contributed by atoms with van der Waals surface area (Å²) < 4.78 is 43.0. The molecule has 28 heavy (non-hydrogen) atoms. The summed E-state index contributed by atoms with van der Waals surface area (Å²) in [5.41, 5.74) is -0.855. The van der Waals surface area contributed by atoms with Gasteiger partial charge in [0.25, 0.3) is 0 Å². The average molecular weight is 534 g/mol. The molecule has 0 spiro atoms. The number of rotatable bonds is 6. The lowest BCUT2D eigenvalue weighted by atomic mass is 9.98. The lowest BCUT2D eigenvalue weighted by molar-refractivity contribution is -0.149. The van der Waals surface area contributed by atoms with Gasteiger partial charge in [0, 0.05) is 38.0 Å². The van der Waals surface area contributed by atoms with E-state index in [1.54, 1.807) is 6.92 Å². The van der Waals surface area contributed by atoms with Gasteiger partial charge in [0.05, 0.1) is 17.5 Å². The summed E-state index contributed by atoms with van der Waals surface area (Å²) in [5, 5.41) is 4.62. The molecule has 0 radical (unpaired) electrons. The van der Waals surface area contributed by atoms with Gasteiger partial charge < -0.3 is 15.0 Å². The number of guanidine groups is 1. The van der Waals surface area contributed by atoms with E-state index in [1.165, 1.54) is 0 Å². The van der Waals surface area contributed by atoms with Crippen LogP contribution in [0.3, 0.4) is 0 Å². The van der Waals surface area contributed by atoms with Crippen LogP contribution in [0.2, 0.25) is 0 Å². The number of aliphatic imine (C=N–C) groups is 1. The minimum absolute atomic E-state index is 0. The van der Waals surface area contributed by atoms with Crippen LogP contribution in [-0.2, 0) is 22.1 Å². The summed E-state index contributed by atoms with van der Waals surface area (Å²) in [5.74, 6) is 0.287. The second-order valence-electron chi connectivity index (χ2n) is 6.15. The highest BCUT2D eigenvalue weighted by molar-refractivity contribution is 14.0. The van der Waals surface area contributed by atoms with Gasteiger partial charge in [-0.15, -0.1) is 35.3 Å². The first kappa shape index (κ1) is 24.9. The molecule has 2 rings (SSSR count). The van der Waals surface area contributed by atoms with Crippen LogP contribution in [0.25, 0.3) is 0 Å². The Bertz CT molecular complexity index is 655. The van der Waals surface area contributed by atoms with Crippen molar-refractivity contribution in [2.75, 3.05) is 32.8 Å². The predicted octanol–water partition coefficient (Wildman–Crippen LogP) is 3.56. The number of esters is 1. The number of likely N-dealkylation sites (tertiary alicyclic amines) is 1. The fourth-order valence-corrected chi connectivity index (χ4v) is 3.66. The van der Waals surface area contributed by atoms with Gasteiger partial charge in [-0.25, -0.2) is 4.98 Å². The van der Waals surface area contributed by atoms with E-state index in [4.69, 9.17) is 4.74 Å². The number of nitrogens with zero attached hydrogens (tertiary/aromatic N) is 3. The molecule has 1 N–H and O–H groups in total. The standard InChI is InChI=1S/C17H25F3N4O2S.HI/c1-3-21-16(24-9-5-6-12(10-24)15(25)26-4-2)22-8-7-14-23-13(11-27-14)17(18,19)20;/h11-12H,3-10H2,1-2H3,(H,21,22);1H. The van der Waals surface area contributed by atoms with Gasteiger partial charge in [0.1, 0.15) is 0 Å². The molecule has 1 aromatic heterocycles. The molecule has 1 saturated heterocycles. The van der Waals surface area contributed by atoms with Crippen molar-refractivity contribution in [3.05, 3.63) is 16.1 Å². The second kappa shape index (κ2) is 11.8. The smallest absolute Gasteiger partial charge is 0.434 e. The molecule has 1 unspecified atom stereocenters. The number of thiazole rings is 1. The largest absolute Gasteiger partial charge is 0.466 e. The number of ether oxygens (including phenoxy) is 1. The zero-order chi connectivity index (χ0) is 19.9. The lowest BCUT2D eigenvalue weighted by Gasteiger charge is -2.34. The van der Waals surface area contributed by atoms with E-state index in [0.29, 0.717) is 43.6 Å². The topological polar surface area (TPSA) is 66.8 Å². The number of carbonyl (C=O) groups excluding carboxylic acids is 1. The third kappa shape index (κ3) is 7.37. The molecule has 1 atom stereocenters. The van der Waals surface area contributed by atoms with Gasteiger partial charge in [-0.05, 0) is 26.7 Å². The fraction of sp³-hybridized carbons (Fsp3) is 0.706. The Hall–Kier alpha value is -1.11. The number of carbonyl (C=O) groups is 1. The first-order valence-electron chi connectivity index (χ1n) is 9.06. The third-order valence-electron chi connectivity index (χ3n) is 4.11. The SMILES string of the molecule is CCNC(=NCCc1nc(C(F)(F)F)cs1)N1CCCC(C(=O)OCC)C1.I. The van der Waals surface area contributed by atoms with Gasteiger partial charge >= 0.3 is 12.1 Å². The molecule has 11 heteroatoms. The van der Waals surface area contributed by atoms with E-state index >= 15 is 0 Å². The normalized spacial score (nSPS) is 17.8. The van der Waals surface area contributed by atoms with E-state index < -0.39 is 11.9 Å². The number of hydrogen-bond acceptors (Lipinski definition) is 5. The van der Waals surface area contributed by atoms with Crippen LogP contribution in [0, 0.1) is 5.92 Å². The van der Waals surface area contributed by atoms with Crippen molar-refractivity contribution in [3.63, 3.8) is 0 Å². The Morgan fingerprint density at radius 3 is 2.82 bits per heavy atom. The van der Waals surface area contributed by atoms with Crippen LogP contribution in [-0.4, -0.2) is 54.6 Å². The molecule has 0 amide bonds. The number of halogens is 4. The van der Waals surface area contributed by atoms with Crippen LogP contribution in [0.4, 0.5) is 13.2 Å². The molecule has 160 valence electrons. The number of hydrogen-bond donors (Lipinski definition) is 1. The average Bonchev–Trinajstić information content (AvgIpc) is 3.11. The van der Waals surface area contributed by atoms with Gasteiger partial charge in [0.15, 0.2) is 11.7 Å². The van der Waals surface area contributed by atoms with E-state index in [-0.39, 0.29) is 35.9 Å². The minimum atomic E-state index is -4.41. The van der Waals surface area contributed by atoms with Gasteiger partial charge in [-0.3, -0.25) is 9.79 Å². The van der Waals surface area contributed by atoms with Crippen LogP contribution >= 0.6 is 35.3 Å². The monoisotopic (exact) mass is 534 g/mol. The summed E-state index contributed by atoms with van der Waals surface area (Å²) in [6.07, 6.45) is -2.43. The van der Waals surface area contributed by atoms with E-state index in [0.717, 1.165) is 36.1 Å². The van der Waals surface area contributed by atoms with Crippen molar-refractivity contribution < 1.29 is 22.7 Å².